The first kappa shape index (κ1) is 22.1. The van der Waals surface area contributed by atoms with Crippen molar-refractivity contribution in [2.75, 3.05) is 4.90 Å². The molecular formula is C23H16Cl3N3O3. The van der Waals surface area contributed by atoms with Crippen molar-refractivity contribution in [2.45, 2.75) is 13.5 Å². The number of carbonyl (C=O) groups is 3. The largest absolute Gasteiger partial charge is 0.344 e. The Bertz CT molecular complexity index is 1300. The molecule has 3 aromatic rings. The highest BCUT2D eigenvalue weighted by Gasteiger charge is 2.37. The quantitative estimate of drug-likeness (QED) is 0.391. The molecule has 0 unspecified atom stereocenters. The first-order chi connectivity index (χ1) is 15.2. The predicted octanol–water partition coefficient (Wildman–Crippen LogP) is 5.47. The molecule has 4 rings (SSSR count). The van der Waals surface area contributed by atoms with Crippen LogP contribution < -0.4 is 10.2 Å². The topological polar surface area (TPSA) is 71.4 Å². The van der Waals surface area contributed by atoms with Crippen molar-refractivity contribution in [3.8, 4) is 0 Å². The van der Waals surface area contributed by atoms with Gasteiger partial charge in [0.05, 0.1) is 15.7 Å². The lowest BCUT2D eigenvalue weighted by Crippen LogP contribution is -2.54. The number of hydrogen-bond acceptors (Lipinski definition) is 3. The lowest BCUT2D eigenvalue weighted by Gasteiger charge is -2.26. The molecule has 0 radical (unpaired) electrons. The van der Waals surface area contributed by atoms with Crippen LogP contribution in [0.4, 0.5) is 10.5 Å². The Kier molecular flexibility index (Phi) is 6.11. The van der Waals surface area contributed by atoms with Crippen LogP contribution in [-0.4, -0.2) is 22.4 Å². The Labute approximate surface area is 199 Å². The van der Waals surface area contributed by atoms with E-state index in [1.807, 2.05) is 16.8 Å². The summed E-state index contributed by atoms with van der Waals surface area (Å²) < 4.78 is 1.84. The Morgan fingerprint density at radius 1 is 0.938 bits per heavy atom. The lowest BCUT2D eigenvalue weighted by atomic mass is 10.1. The zero-order valence-corrected chi connectivity index (χ0v) is 19.0. The minimum atomic E-state index is -0.830. The second kappa shape index (κ2) is 8.82. The predicted molar refractivity (Wildman–Crippen MR) is 125 cm³/mol. The van der Waals surface area contributed by atoms with Crippen LogP contribution in [0.15, 0.2) is 60.3 Å². The second-order valence-corrected chi connectivity index (χ2v) is 8.42. The minimum absolute atomic E-state index is 0.171. The van der Waals surface area contributed by atoms with Crippen molar-refractivity contribution in [1.82, 2.24) is 9.88 Å². The number of amides is 4. The summed E-state index contributed by atoms with van der Waals surface area (Å²) in [7, 11) is 0. The number of urea groups is 1. The summed E-state index contributed by atoms with van der Waals surface area (Å²) in [6, 6.07) is 12.8. The number of rotatable bonds is 4. The normalized spacial score (nSPS) is 15.4. The third-order valence-corrected chi connectivity index (χ3v) is 6.16. The number of aromatic nitrogens is 1. The highest BCUT2D eigenvalue weighted by Crippen LogP contribution is 2.27. The third kappa shape index (κ3) is 4.30. The molecule has 0 bridgehead atoms. The van der Waals surface area contributed by atoms with Gasteiger partial charge < -0.3 is 4.57 Å². The summed E-state index contributed by atoms with van der Waals surface area (Å²) in [5, 5.41) is 3.50. The van der Waals surface area contributed by atoms with Crippen LogP contribution in [0, 0.1) is 6.92 Å². The van der Waals surface area contributed by atoms with Crippen molar-refractivity contribution in [2.24, 2.45) is 0 Å². The van der Waals surface area contributed by atoms with Gasteiger partial charge in [-0.1, -0.05) is 46.9 Å². The van der Waals surface area contributed by atoms with Crippen molar-refractivity contribution in [1.29, 1.82) is 0 Å². The monoisotopic (exact) mass is 487 g/mol. The van der Waals surface area contributed by atoms with Crippen LogP contribution in [0.25, 0.3) is 6.08 Å². The van der Waals surface area contributed by atoms with E-state index in [9.17, 15) is 14.4 Å². The highest BCUT2D eigenvalue weighted by molar-refractivity contribution is 6.42. The second-order valence-electron chi connectivity index (χ2n) is 7.20. The van der Waals surface area contributed by atoms with Gasteiger partial charge in [-0.05, 0) is 60.5 Å². The third-order valence-electron chi connectivity index (χ3n) is 5.01. The summed E-state index contributed by atoms with van der Waals surface area (Å²) in [5.74, 6) is -1.50. The maximum atomic E-state index is 13.1. The van der Waals surface area contributed by atoms with Crippen LogP contribution >= 0.6 is 34.8 Å². The average molecular weight is 489 g/mol. The molecule has 4 amide bonds. The Hall–Kier alpha value is -3.06. The molecule has 1 saturated heterocycles. The molecule has 32 heavy (non-hydrogen) atoms. The molecule has 9 heteroatoms. The van der Waals surface area contributed by atoms with Crippen LogP contribution in [0.2, 0.25) is 15.1 Å². The smallest absolute Gasteiger partial charge is 0.335 e. The van der Waals surface area contributed by atoms with Crippen LogP contribution in [0.1, 0.15) is 16.8 Å². The molecule has 0 aliphatic carbocycles. The summed E-state index contributed by atoms with van der Waals surface area (Å²) in [5.41, 5.74) is 2.39. The average Bonchev–Trinajstić information content (AvgIpc) is 3.17. The minimum Gasteiger partial charge on any atom is -0.344 e. The zero-order valence-electron chi connectivity index (χ0n) is 16.7. The fourth-order valence-corrected chi connectivity index (χ4v) is 3.79. The molecule has 1 aliphatic rings. The SMILES string of the molecule is Cc1ccc(N2C(=O)NC(=O)/C(=C/c3cccn3Cc3ccc(Cl)c(Cl)c3)C2=O)cc1Cl. The number of aryl methyl sites for hydroxylation is 1. The van der Waals surface area contributed by atoms with Gasteiger partial charge in [0.15, 0.2) is 0 Å². The van der Waals surface area contributed by atoms with Crippen LogP contribution in [-0.2, 0) is 16.1 Å². The summed E-state index contributed by atoms with van der Waals surface area (Å²) in [6.45, 7) is 2.25. The molecule has 2 aromatic carbocycles. The summed E-state index contributed by atoms with van der Waals surface area (Å²) in [6.07, 6.45) is 3.26. The number of nitrogens with zero attached hydrogens (tertiary/aromatic N) is 2. The molecule has 6 nitrogen and oxygen atoms in total. The molecule has 2 heterocycles. The molecule has 1 aromatic heterocycles. The number of halogens is 3. The first-order valence-corrected chi connectivity index (χ1v) is 10.6. The molecule has 1 aliphatic heterocycles. The highest BCUT2D eigenvalue weighted by atomic mass is 35.5. The van der Waals surface area contributed by atoms with E-state index in [0.29, 0.717) is 27.3 Å². The standard InChI is InChI=1S/C23H16Cl3N3O3/c1-13-4-6-16(11-19(13)25)29-22(31)17(21(30)27-23(29)32)10-15-3-2-8-28(15)12-14-5-7-18(24)20(26)9-14/h2-11H,12H2,1H3,(H,27,30,32)/b17-10-. The van der Waals surface area contributed by atoms with E-state index in [4.69, 9.17) is 34.8 Å². The fraction of sp³-hybridized carbons (Fsp3) is 0.0870. The van der Waals surface area contributed by atoms with E-state index >= 15 is 0 Å². The Morgan fingerprint density at radius 2 is 1.72 bits per heavy atom. The maximum Gasteiger partial charge on any atom is 0.335 e. The van der Waals surface area contributed by atoms with Gasteiger partial charge >= 0.3 is 6.03 Å². The number of hydrogen-bond donors (Lipinski definition) is 1. The number of nitrogens with one attached hydrogen (secondary N) is 1. The number of carbonyl (C=O) groups excluding carboxylic acids is 3. The Morgan fingerprint density at radius 3 is 2.44 bits per heavy atom. The lowest BCUT2D eigenvalue weighted by molar-refractivity contribution is -0.122. The number of imide groups is 2. The van der Waals surface area contributed by atoms with E-state index in [1.165, 1.54) is 12.1 Å². The molecule has 0 spiro atoms. The van der Waals surface area contributed by atoms with E-state index < -0.39 is 17.8 Å². The van der Waals surface area contributed by atoms with E-state index in [0.717, 1.165) is 16.0 Å². The van der Waals surface area contributed by atoms with Crippen molar-refractivity contribution >= 4 is 64.4 Å². The van der Waals surface area contributed by atoms with Gasteiger partial charge in [0, 0.05) is 23.5 Å². The van der Waals surface area contributed by atoms with Crippen molar-refractivity contribution < 1.29 is 14.4 Å². The van der Waals surface area contributed by atoms with E-state index in [2.05, 4.69) is 5.32 Å². The maximum absolute atomic E-state index is 13.1. The van der Waals surface area contributed by atoms with Gasteiger partial charge in [-0.15, -0.1) is 0 Å². The van der Waals surface area contributed by atoms with Crippen molar-refractivity contribution in [3.05, 3.63) is 92.2 Å². The van der Waals surface area contributed by atoms with Gasteiger partial charge in [-0.2, -0.15) is 0 Å². The van der Waals surface area contributed by atoms with Crippen molar-refractivity contribution in [3.63, 3.8) is 0 Å². The number of anilines is 1. The number of benzene rings is 2. The van der Waals surface area contributed by atoms with Crippen LogP contribution in [0.5, 0.6) is 0 Å². The first-order valence-electron chi connectivity index (χ1n) is 9.51. The fourth-order valence-electron chi connectivity index (χ4n) is 3.30. The molecule has 0 atom stereocenters. The number of barbiturate groups is 1. The van der Waals surface area contributed by atoms with Gasteiger partial charge in [0.2, 0.25) is 0 Å². The van der Waals surface area contributed by atoms with Gasteiger partial charge in [-0.3, -0.25) is 14.9 Å². The molecule has 162 valence electrons. The zero-order chi connectivity index (χ0) is 23.0. The van der Waals surface area contributed by atoms with Gasteiger partial charge in [0.25, 0.3) is 11.8 Å². The molecule has 1 fully saturated rings. The molecule has 1 N–H and O–H groups in total. The van der Waals surface area contributed by atoms with E-state index in [-0.39, 0.29) is 11.3 Å². The molecule has 0 saturated carbocycles. The summed E-state index contributed by atoms with van der Waals surface area (Å²) >= 11 is 18.2. The van der Waals surface area contributed by atoms with Gasteiger partial charge in [0.1, 0.15) is 5.57 Å². The Balaban J connectivity index is 1.67. The molecular weight excluding hydrogens is 473 g/mol. The van der Waals surface area contributed by atoms with Crippen LogP contribution in [0.3, 0.4) is 0 Å². The summed E-state index contributed by atoms with van der Waals surface area (Å²) in [4.78, 5) is 38.9. The van der Waals surface area contributed by atoms with Gasteiger partial charge in [-0.25, -0.2) is 9.69 Å². The van der Waals surface area contributed by atoms with E-state index in [1.54, 1.807) is 43.3 Å².